The lowest BCUT2D eigenvalue weighted by Crippen LogP contribution is -2.53. The first-order valence-electron chi connectivity index (χ1n) is 12.8. The fourth-order valence-electron chi connectivity index (χ4n) is 8.36. The van der Waals surface area contributed by atoms with Crippen LogP contribution in [-0.4, -0.2) is 25.9 Å². The van der Waals surface area contributed by atoms with E-state index >= 15 is 0 Å². The summed E-state index contributed by atoms with van der Waals surface area (Å²) in [6.45, 7) is 5.37. The first kappa shape index (κ1) is 21.3. The number of aliphatic hydroxyl groups is 1. The summed E-state index contributed by atoms with van der Waals surface area (Å²) < 4.78 is 1.87. The minimum atomic E-state index is -0.921. The molecule has 0 amide bonds. The Morgan fingerprint density at radius 3 is 2.79 bits per heavy atom. The van der Waals surface area contributed by atoms with Gasteiger partial charge in [0.2, 0.25) is 0 Å². The molecule has 5 unspecified atom stereocenters. The minimum Gasteiger partial charge on any atom is -0.383 e. The summed E-state index contributed by atoms with van der Waals surface area (Å²) in [5, 5.41) is 21.1. The molecule has 5 nitrogen and oxygen atoms in total. The average molecular weight is 446 g/mol. The van der Waals surface area contributed by atoms with Gasteiger partial charge in [0.15, 0.2) is 5.78 Å². The van der Waals surface area contributed by atoms with Crippen LogP contribution in [0.15, 0.2) is 48.2 Å². The molecular formula is C28H35N3O2. The SMILES string of the molecule is CC1CC2=CC(=O)CCC2C2CC[C@@]3(C)C(CC[C@@]3(O)c3cn(Cc4ccccc4)nn3)C12. The van der Waals surface area contributed by atoms with E-state index in [1.165, 1.54) is 11.1 Å². The molecule has 6 rings (SSSR count). The van der Waals surface area contributed by atoms with Gasteiger partial charge >= 0.3 is 0 Å². The van der Waals surface area contributed by atoms with E-state index in [-0.39, 0.29) is 5.41 Å². The Morgan fingerprint density at radius 1 is 1.15 bits per heavy atom. The van der Waals surface area contributed by atoms with Crippen molar-refractivity contribution in [2.24, 2.45) is 35.0 Å². The van der Waals surface area contributed by atoms with Crippen molar-refractivity contribution < 1.29 is 9.90 Å². The lowest BCUT2D eigenvalue weighted by atomic mass is 9.48. The molecule has 0 bridgehead atoms. The van der Waals surface area contributed by atoms with Crippen LogP contribution in [-0.2, 0) is 16.9 Å². The van der Waals surface area contributed by atoms with E-state index < -0.39 is 5.60 Å². The second kappa shape index (κ2) is 7.63. The summed E-state index contributed by atoms with van der Waals surface area (Å²) in [6, 6.07) is 10.3. The van der Waals surface area contributed by atoms with Crippen molar-refractivity contribution in [2.75, 3.05) is 0 Å². The molecule has 4 aliphatic carbocycles. The number of carbonyl (C=O) groups is 1. The second-order valence-corrected chi connectivity index (χ2v) is 11.5. The molecule has 1 aromatic carbocycles. The van der Waals surface area contributed by atoms with Gasteiger partial charge in [0.1, 0.15) is 11.3 Å². The molecule has 2 aromatic rings. The number of ketones is 1. The van der Waals surface area contributed by atoms with Crippen molar-refractivity contribution in [3.05, 3.63) is 59.4 Å². The normalized spacial score (nSPS) is 40.0. The van der Waals surface area contributed by atoms with Gasteiger partial charge in [0.05, 0.1) is 12.7 Å². The summed E-state index contributed by atoms with van der Waals surface area (Å²) in [4.78, 5) is 12.1. The second-order valence-electron chi connectivity index (χ2n) is 11.5. The van der Waals surface area contributed by atoms with Gasteiger partial charge < -0.3 is 5.11 Å². The molecule has 3 saturated carbocycles. The minimum absolute atomic E-state index is 0.179. The molecule has 0 aliphatic heterocycles. The van der Waals surface area contributed by atoms with E-state index in [9.17, 15) is 9.90 Å². The van der Waals surface area contributed by atoms with Crippen molar-refractivity contribution in [2.45, 2.75) is 70.9 Å². The zero-order valence-electron chi connectivity index (χ0n) is 19.8. The summed E-state index contributed by atoms with van der Waals surface area (Å²) >= 11 is 0. The predicted octanol–water partition coefficient (Wildman–Crippen LogP) is 4.90. The van der Waals surface area contributed by atoms with E-state index in [4.69, 9.17) is 0 Å². The van der Waals surface area contributed by atoms with Crippen molar-refractivity contribution >= 4 is 5.78 Å². The van der Waals surface area contributed by atoms with Gasteiger partial charge in [-0.3, -0.25) is 4.79 Å². The van der Waals surface area contributed by atoms with Crippen LogP contribution in [0.5, 0.6) is 0 Å². The maximum absolute atomic E-state index is 12.2. The quantitative estimate of drug-likeness (QED) is 0.730. The van der Waals surface area contributed by atoms with E-state index in [0.717, 1.165) is 44.2 Å². The Hall–Kier alpha value is -2.27. The maximum atomic E-state index is 12.2. The van der Waals surface area contributed by atoms with Crippen LogP contribution < -0.4 is 0 Å². The molecule has 4 aliphatic rings. The van der Waals surface area contributed by atoms with Gasteiger partial charge in [0, 0.05) is 11.8 Å². The number of hydrogen-bond donors (Lipinski definition) is 1. The topological polar surface area (TPSA) is 68.0 Å². The molecule has 0 radical (unpaired) electrons. The van der Waals surface area contributed by atoms with Gasteiger partial charge in [-0.25, -0.2) is 4.68 Å². The lowest BCUT2D eigenvalue weighted by molar-refractivity contribution is -0.134. The van der Waals surface area contributed by atoms with Crippen LogP contribution in [0, 0.1) is 35.0 Å². The highest BCUT2D eigenvalue weighted by atomic mass is 16.3. The van der Waals surface area contributed by atoms with Gasteiger partial charge in [-0.1, -0.05) is 55.0 Å². The smallest absolute Gasteiger partial charge is 0.155 e. The Balaban J connectivity index is 1.28. The van der Waals surface area contributed by atoms with E-state index in [1.807, 2.05) is 35.2 Å². The van der Waals surface area contributed by atoms with Gasteiger partial charge in [-0.15, -0.1) is 5.10 Å². The molecular weight excluding hydrogens is 410 g/mol. The summed E-state index contributed by atoms with van der Waals surface area (Å²) in [5.41, 5.74) is 2.25. The number of aromatic nitrogens is 3. The Labute approximate surface area is 196 Å². The highest BCUT2D eigenvalue weighted by Gasteiger charge is 2.64. The van der Waals surface area contributed by atoms with E-state index in [2.05, 4.69) is 36.3 Å². The van der Waals surface area contributed by atoms with Gasteiger partial charge in [0.25, 0.3) is 0 Å². The van der Waals surface area contributed by atoms with Crippen LogP contribution in [0.1, 0.15) is 70.1 Å². The molecule has 0 spiro atoms. The first-order valence-corrected chi connectivity index (χ1v) is 12.8. The molecule has 3 fully saturated rings. The summed E-state index contributed by atoms with van der Waals surface area (Å²) in [6.07, 6.45) is 10.7. The molecule has 1 aromatic heterocycles. The van der Waals surface area contributed by atoms with Crippen molar-refractivity contribution in [3.63, 3.8) is 0 Å². The van der Waals surface area contributed by atoms with Crippen molar-refractivity contribution in [3.8, 4) is 0 Å². The molecule has 5 heteroatoms. The maximum Gasteiger partial charge on any atom is 0.155 e. The zero-order chi connectivity index (χ0) is 22.8. The Bertz CT molecular complexity index is 1090. The van der Waals surface area contributed by atoms with Crippen LogP contribution in [0.25, 0.3) is 0 Å². The predicted molar refractivity (Wildman–Crippen MR) is 126 cm³/mol. The summed E-state index contributed by atoms with van der Waals surface area (Å²) in [5.74, 6) is 3.23. The number of rotatable bonds is 3. The molecule has 1 N–H and O–H groups in total. The molecule has 33 heavy (non-hydrogen) atoms. The van der Waals surface area contributed by atoms with Crippen molar-refractivity contribution in [1.29, 1.82) is 0 Å². The zero-order valence-corrected chi connectivity index (χ0v) is 19.8. The number of allylic oxidation sites excluding steroid dienone is 1. The number of hydrogen-bond acceptors (Lipinski definition) is 4. The molecule has 174 valence electrons. The van der Waals surface area contributed by atoms with E-state index in [0.29, 0.717) is 48.3 Å². The largest absolute Gasteiger partial charge is 0.383 e. The molecule has 7 atom stereocenters. The van der Waals surface area contributed by atoms with Crippen LogP contribution in [0.4, 0.5) is 0 Å². The third kappa shape index (κ3) is 3.18. The van der Waals surface area contributed by atoms with Gasteiger partial charge in [-0.2, -0.15) is 0 Å². The molecule has 1 heterocycles. The van der Waals surface area contributed by atoms with Crippen LogP contribution >= 0.6 is 0 Å². The first-order chi connectivity index (χ1) is 15.9. The third-order valence-electron chi connectivity index (χ3n) is 9.94. The number of carbonyl (C=O) groups excluding carboxylic acids is 1. The number of benzene rings is 1. The fourth-order valence-corrected chi connectivity index (χ4v) is 8.36. The fraction of sp³-hybridized carbons (Fsp3) is 0.607. The van der Waals surface area contributed by atoms with Crippen molar-refractivity contribution in [1.82, 2.24) is 15.0 Å². The standard InChI is InChI=1S/C28H35N3O2/c1-18-14-20-15-21(32)8-9-22(20)23-10-12-27(2)24(26(18)23)11-13-28(27,33)25-17-31(30-29-25)16-19-6-4-3-5-7-19/h3-7,15,17-18,22-24,26,33H,8-14,16H2,1-2H3/t18?,22?,23?,24?,26?,27-,28+/m0/s1. The van der Waals surface area contributed by atoms with Gasteiger partial charge in [-0.05, 0) is 79.8 Å². The third-order valence-corrected chi connectivity index (χ3v) is 9.94. The highest BCUT2D eigenvalue weighted by molar-refractivity contribution is 5.91. The highest BCUT2D eigenvalue weighted by Crippen LogP contribution is 2.68. The number of nitrogens with zero attached hydrogens (tertiary/aromatic N) is 3. The molecule has 0 saturated heterocycles. The average Bonchev–Trinajstić information content (AvgIpc) is 3.37. The van der Waals surface area contributed by atoms with Crippen LogP contribution in [0.2, 0.25) is 0 Å². The number of fused-ring (bicyclic) bond motifs is 5. The lowest BCUT2D eigenvalue weighted by Gasteiger charge is -2.57. The van der Waals surface area contributed by atoms with E-state index in [1.54, 1.807) is 0 Å². The monoisotopic (exact) mass is 445 g/mol. The Morgan fingerprint density at radius 2 is 1.97 bits per heavy atom. The van der Waals surface area contributed by atoms with Crippen LogP contribution in [0.3, 0.4) is 0 Å². The summed E-state index contributed by atoms with van der Waals surface area (Å²) in [7, 11) is 0. The Kier molecular flexibility index (Phi) is 4.92.